The Labute approximate surface area is 182 Å². The van der Waals surface area contributed by atoms with Gasteiger partial charge >= 0.3 is 6.18 Å². The van der Waals surface area contributed by atoms with Crippen molar-refractivity contribution >= 4 is 23.6 Å². The Hall–Kier alpha value is -3.11. The minimum Gasteiger partial charge on any atom is -0.350 e. The average molecular weight is 454 g/mol. The molecule has 2 saturated heterocycles. The number of nitrogens with zero attached hydrogens (tertiary/aromatic N) is 1. The van der Waals surface area contributed by atoms with Gasteiger partial charge < -0.3 is 20.9 Å². The van der Waals surface area contributed by atoms with Gasteiger partial charge in [-0.25, -0.2) is 0 Å². The Morgan fingerprint density at radius 1 is 1.00 bits per heavy atom. The van der Waals surface area contributed by atoms with E-state index in [1.165, 1.54) is 12.1 Å². The molecule has 0 aromatic heterocycles. The van der Waals surface area contributed by atoms with E-state index in [9.17, 15) is 32.3 Å². The number of carbonyl (C=O) groups excluding carboxylic acids is 4. The Bertz CT molecular complexity index is 890. The molecule has 0 radical (unpaired) electrons. The van der Waals surface area contributed by atoms with Crippen LogP contribution in [0, 0.1) is 5.92 Å². The maximum atomic E-state index is 13.2. The summed E-state index contributed by atoms with van der Waals surface area (Å²) in [7, 11) is 0. The van der Waals surface area contributed by atoms with Crippen molar-refractivity contribution < 1.29 is 32.3 Å². The van der Waals surface area contributed by atoms with Crippen molar-refractivity contribution in [1.29, 1.82) is 0 Å². The molecule has 2 fully saturated rings. The molecular formula is C21H25F3N4O4. The van der Waals surface area contributed by atoms with Crippen LogP contribution in [0.2, 0.25) is 0 Å². The summed E-state index contributed by atoms with van der Waals surface area (Å²) >= 11 is 0. The molecule has 2 aliphatic heterocycles. The Morgan fingerprint density at radius 2 is 1.72 bits per heavy atom. The van der Waals surface area contributed by atoms with E-state index in [-0.39, 0.29) is 50.0 Å². The Kier molecular flexibility index (Phi) is 7.37. The smallest absolute Gasteiger partial charge is 0.350 e. The van der Waals surface area contributed by atoms with Gasteiger partial charge in [0.15, 0.2) is 0 Å². The second-order valence-electron chi connectivity index (χ2n) is 8.05. The van der Waals surface area contributed by atoms with Crippen LogP contribution < -0.4 is 16.0 Å². The van der Waals surface area contributed by atoms with Crippen LogP contribution in [0.25, 0.3) is 0 Å². The Morgan fingerprint density at radius 3 is 2.47 bits per heavy atom. The molecule has 3 N–H and O–H groups in total. The number of nitrogens with one attached hydrogen (secondary N) is 3. The number of hydrogen-bond donors (Lipinski definition) is 3. The highest BCUT2D eigenvalue weighted by molar-refractivity contribution is 5.90. The molecule has 2 heterocycles. The zero-order valence-corrected chi connectivity index (χ0v) is 17.3. The normalized spacial score (nSPS) is 23.7. The van der Waals surface area contributed by atoms with Gasteiger partial charge in [-0.1, -0.05) is 18.2 Å². The SMILES string of the molecule is O=C1CNC(=O)CC(Cc2cccc(C(F)(F)F)c2)C(=O)N2CCCC(C2)NC(=O)CN1. The monoisotopic (exact) mass is 454 g/mol. The number of piperidine rings is 1. The molecule has 0 aliphatic carbocycles. The van der Waals surface area contributed by atoms with Crippen LogP contribution in [-0.2, 0) is 31.8 Å². The third kappa shape index (κ3) is 6.44. The van der Waals surface area contributed by atoms with Crippen molar-refractivity contribution in [2.45, 2.75) is 37.9 Å². The molecule has 1 aromatic rings. The third-order valence-corrected chi connectivity index (χ3v) is 5.51. The fourth-order valence-corrected chi connectivity index (χ4v) is 3.95. The van der Waals surface area contributed by atoms with E-state index in [0.717, 1.165) is 12.1 Å². The van der Waals surface area contributed by atoms with Crippen molar-refractivity contribution in [3.05, 3.63) is 35.4 Å². The predicted octanol–water partition coefficient (Wildman–Crippen LogP) is 0.607. The summed E-state index contributed by atoms with van der Waals surface area (Å²) in [6.07, 6.45) is -3.56. The maximum Gasteiger partial charge on any atom is 0.416 e. The third-order valence-electron chi connectivity index (χ3n) is 5.51. The topological polar surface area (TPSA) is 108 Å². The van der Waals surface area contributed by atoms with Gasteiger partial charge in [-0.3, -0.25) is 19.2 Å². The van der Waals surface area contributed by atoms with E-state index < -0.39 is 35.4 Å². The van der Waals surface area contributed by atoms with Crippen LogP contribution in [-0.4, -0.2) is 60.7 Å². The van der Waals surface area contributed by atoms with Gasteiger partial charge in [0.1, 0.15) is 0 Å². The number of fused-ring (bicyclic) bond motifs is 2. The average Bonchev–Trinajstić information content (AvgIpc) is 2.74. The molecule has 1 aromatic carbocycles. The molecule has 3 rings (SSSR count). The lowest BCUT2D eigenvalue weighted by atomic mass is 9.92. The van der Waals surface area contributed by atoms with Crippen LogP contribution >= 0.6 is 0 Å². The summed E-state index contributed by atoms with van der Waals surface area (Å²) in [6.45, 7) is 0.0585. The number of halogens is 3. The highest BCUT2D eigenvalue weighted by Gasteiger charge is 2.33. The van der Waals surface area contributed by atoms with Gasteiger partial charge in [0.2, 0.25) is 23.6 Å². The number of alkyl halides is 3. The van der Waals surface area contributed by atoms with E-state index in [2.05, 4.69) is 16.0 Å². The van der Waals surface area contributed by atoms with Crippen molar-refractivity contribution in [3.63, 3.8) is 0 Å². The number of amides is 4. The zero-order chi connectivity index (χ0) is 23.3. The summed E-state index contributed by atoms with van der Waals surface area (Å²) in [5.74, 6) is -2.80. The molecule has 174 valence electrons. The van der Waals surface area contributed by atoms with E-state index in [0.29, 0.717) is 19.4 Å². The van der Waals surface area contributed by atoms with E-state index in [1.807, 2.05) is 0 Å². The van der Waals surface area contributed by atoms with Crippen LogP contribution in [0.5, 0.6) is 0 Å². The summed E-state index contributed by atoms with van der Waals surface area (Å²) in [5.41, 5.74) is -0.545. The van der Waals surface area contributed by atoms with E-state index in [4.69, 9.17) is 0 Å². The predicted molar refractivity (Wildman–Crippen MR) is 107 cm³/mol. The number of benzene rings is 1. The molecule has 0 spiro atoms. The highest BCUT2D eigenvalue weighted by atomic mass is 19.4. The fraction of sp³-hybridized carbons (Fsp3) is 0.524. The van der Waals surface area contributed by atoms with Gasteiger partial charge in [-0.15, -0.1) is 0 Å². The summed E-state index contributed by atoms with van der Waals surface area (Å²) < 4.78 is 39.2. The van der Waals surface area contributed by atoms with Gasteiger partial charge in [0, 0.05) is 25.6 Å². The number of carbonyl (C=O) groups is 4. The molecule has 2 atom stereocenters. The van der Waals surface area contributed by atoms with Crippen molar-refractivity contribution in [2.24, 2.45) is 5.92 Å². The van der Waals surface area contributed by atoms with Crippen LogP contribution in [0.15, 0.2) is 24.3 Å². The van der Waals surface area contributed by atoms with Gasteiger partial charge in [-0.05, 0) is 30.9 Å². The lowest BCUT2D eigenvalue weighted by Gasteiger charge is -2.35. The van der Waals surface area contributed by atoms with Gasteiger partial charge in [-0.2, -0.15) is 13.2 Å². The molecular weight excluding hydrogens is 429 g/mol. The van der Waals surface area contributed by atoms with Crippen LogP contribution in [0.4, 0.5) is 13.2 Å². The molecule has 2 bridgehead atoms. The quantitative estimate of drug-likeness (QED) is 0.609. The summed E-state index contributed by atoms with van der Waals surface area (Å²) in [4.78, 5) is 51.1. The number of rotatable bonds is 2. The molecule has 2 unspecified atom stereocenters. The lowest BCUT2D eigenvalue weighted by Crippen LogP contribution is -2.53. The number of hydrogen-bond acceptors (Lipinski definition) is 4. The van der Waals surface area contributed by atoms with Crippen LogP contribution in [0.3, 0.4) is 0 Å². The maximum absolute atomic E-state index is 13.2. The molecule has 8 nitrogen and oxygen atoms in total. The lowest BCUT2D eigenvalue weighted by molar-refractivity contribution is -0.140. The van der Waals surface area contributed by atoms with E-state index in [1.54, 1.807) is 4.90 Å². The van der Waals surface area contributed by atoms with E-state index >= 15 is 0 Å². The minimum absolute atomic E-state index is 0.0596. The first kappa shape index (κ1) is 23.6. The van der Waals surface area contributed by atoms with Crippen molar-refractivity contribution in [2.75, 3.05) is 26.2 Å². The Balaban J connectivity index is 1.83. The first-order valence-corrected chi connectivity index (χ1v) is 10.4. The standard InChI is InChI=1S/C21H25F3N4O4/c22-21(23,24)15-4-1-3-13(8-15)7-14-9-17(29)25-10-18(30)26-11-19(31)27-16-5-2-6-28(12-16)20(14)32/h1,3-4,8,14,16H,2,5-7,9-12H2,(H,25,29)(H,26,30)(H,27,31). The molecule has 2 aliphatic rings. The zero-order valence-electron chi connectivity index (χ0n) is 17.3. The first-order valence-electron chi connectivity index (χ1n) is 10.4. The van der Waals surface area contributed by atoms with Gasteiger partial charge in [0.05, 0.1) is 24.6 Å². The fourth-order valence-electron chi connectivity index (χ4n) is 3.95. The second-order valence-corrected chi connectivity index (χ2v) is 8.05. The molecule has 0 saturated carbocycles. The highest BCUT2D eigenvalue weighted by Crippen LogP contribution is 2.30. The van der Waals surface area contributed by atoms with Crippen molar-refractivity contribution in [1.82, 2.24) is 20.9 Å². The molecule has 4 amide bonds. The first-order chi connectivity index (χ1) is 15.1. The van der Waals surface area contributed by atoms with Gasteiger partial charge in [0.25, 0.3) is 0 Å². The molecule has 11 heteroatoms. The summed E-state index contributed by atoms with van der Waals surface area (Å²) in [6, 6.07) is 4.37. The largest absolute Gasteiger partial charge is 0.416 e. The molecule has 32 heavy (non-hydrogen) atoms. The summed E-state index contributed by atoms with van der Waals surface area (Å²) in [5, 5.41) is 7.58. The second kappa shape index (κ2) is 10.0. The van der Waals surface area contributed by atoms with Crippen molar-refractivity contribution in [3.8, 4) is 0 Å². The van der Waals surface area contributed by atoms with Crippen LogP contribution in [0.1, 0.15) is 30.4 Å². The minimum atomic E-state index is -4.52.